The lowest BCUT2D eigenvalue weighted by molar-refractivity contribution is -0.439. The third kappa shape index (κ3) is 1.93. The van der Waals surface area contributed by atoms with Gasteiger partial charge in [-0.1, -0.05) is 0 Å². The summed E-state index contributed by atoms with van der Waals surface area (Å²) in [6.45, 7) is 4.04. The van der Waals surface area contributed by atoms with Crippen molar-refractivity contribution in [3.8, 4) is 0 Å². The Labute approximate surface area is 113 Å². The van der Waals surface area contributed by atoms with E-state index in [0.29, 0.717) is 4.86 Å². The van der Waals surface area contributed by atoms with Crippen LogP contribution < -0.4 is 24.0 Å². The standard InChI is InChI=1S/C11H12NO2S.HI/c1-7-8(2)12(3)11-5-4-9(15(13)14)6-10(7)11;/h4-6H,1-3H3;1H/q+1;/p-1. The molecular formula is C11H12INO2S. The molecule has 0 aromatic heterocycles. The van der Waals surface area contributed by atoms with E-state index in [2.05, 4.69) is 4.58 Å². The highest BCUT2D eigenvalue weighted by Crippen LogP contribution is 2.26. The van der Waals surface area contributed by atoms with Crippen molar-refractivity contribution in [3.63, 3.8) is 0 Å². The zero-order valence-corrected chi connectivity index (χ0v) is 12.3. The van der Waals surface area contributed by atoms with Crippen molar-refractivity contribution >= 4 is 20.9 Å². The van der Waals surface area contributed by atoms with E-state index in [4.69, 9.17) is 0 Å². The summed E-state index contributed by atoms with van der Waals surface area (Å²) in [4.78, 5) is 0.344. The van der Waals surface area contributed by atoms with E-state index in [1.807, 2.05) is 27.0 Å². The predicted octanol–water partition coefficient (Wildman–Crippen LogP) is -2.07. The van der Waals surface area contributed by atoms with Crippen LogP contribution in [-0.4, -0.2) is 30.6 Å². The lowest BCUT2D eigenvalue weighted by atomic mass is 9.99. The van der Waals surface area contributed by atoms with Crippen LogP contribution in [0.2, 0.25) is 0 Å². The van der Waals surface area contributed by atoms with E-state index < -0.39 is 10.3 Å². The number of fused-ring (bicyclic) bond motifs is 1. The van der Waals surface area contributed by atoms with Gasteiger partial charge < -0.3 is 24.0 Å². The number of allylic oxidation sites excluding steroid dienone is 6. The molecule has 0 atom stereocenters. The average molecular weight is 349 g/mol. The molecular weight excluding hydrogens is 337 g/mol. The molecule has 16 heavy (non-hydrogen) atoms. The molecule has 0 radical (unpaired) electrons. The molecule has 1 aliphatic heterocycles. The number of nitrogens with zero attached hydrogens (tertiary/aromatic N) is 1. The number of rotatable bonds is 0. The summed E-state index contributed by atoms with van der Waals surface area (Å²) >= 11 is 0. The molecule has 1 heterocycles. The van der Waals surface area contributed by atoms with Gasteiger partial charge in [-0.15, -0.1) is 0 Å². The van der Waals surface area contributed by atoms with E-state index in [-0.39, 0.29) is 24.0 Å². The van der Waals surface area contributed by atoms with Crippen LogP contribution in [0.1, 0.15) is 13.8 Å². The molecule has 0 bridgehead atoms. The Balaban J connectivity index is 0.00000128. The number of hydrogen-bond acceptors (Lipinski definition) is 2. The summed E-state index contributed by atoms with van der Waals surface area (Å²) in [5.74, 6) is 0. The largest absolute Gasteiger partial charge is 1.00 e. The first-order valence-corrected chi connectivity index (χ1v) is 5.74. The van der Waals surface area contributed by atoms with Crippen molar-refractivity contribution in [2.75, 3.05) is 7.05 Å². The highest BCUT2D eigenvalue weighted by molar-refractivity contribution is 7.73. The van der Waals surface area contributed by atoms with Gasteiger partial charge >= 0.3 is 0 Å². The van der Waals surface area contributed by atoms with Crippen molar-refractivity contribution in [3.05, 3.63) is 35.1 Å². The SMILES string of the molecule is CC1=C(C)[N+](C)=C2C=CC(=S(=O)=O)C=C12.[I-]. The predicted molar refractivity (Wildman–Crippen MR) is 60.7 cm³/mol. The van der Waals surface area contributed by atoms with Crippen LogP contribution >= 0.6 is 0 Å². The maximum atomic E-state index is 10.8. The van der Waals surface area contributed by atoms with Gasteiger partial charge in [-0.2, -0.15) is 13.0 Å². The van der Waals surface area contributed by atoms with Crippen molar-refractivity contribution in [1.82, 2.24) is 0 Å². The smallest absolute Gasteiger partial charge is 0.221 e. The molecule has 0 saturated heterocycles. The minimum atomic E-state index is -2.15. The summed E-state index contributed by atoms with van der Waals surface area (Å²) in [6.07, 6.45) is 5.20. The van der Waals surface area contributed by atoms with Crippen molar-refractivity contribution in [1.29, 1.82) is 0 Å². The van der Waals surface area contributed by atoms with Gasteiger partial charge in [0.05, 0.1) is 10.4 Å². The van der Waals surface area contributed by atoms with E-state index in [0.717, 1.165) is 16.9 Å². The fourth-order valence-electron chi connectivity index (χ4n) is 1.84. The van der Waals surface area contributed by atoms with Gasteiger partial charge in [-0.3, -0.25) is 0 Å². The van der Waals surface area contributed by atoms with Crippen molar-refractivity contribution < 1.29 is 37.0 Å². The third-order valence-electron chi connectivity index (χ3n) is 2.97. The van der Waals surface area contributed by atoms with Gasteiger partial charge in [0.1, 0.15) is 7.05 Å². The zero-order valence-electron chi connectivity index (χ0n) is 9.28. The second kappa shape index (κ2) is 4.67. The normalized spacial score (nSPS) is 18.4. The molecule has 0 aromatic carbocycles. The van der Waals surface area contributed by atoms with Crippen LogP contribution in [-0.2, 0) is 10.3 Å². The highest BCUT2D eigenvalue weighted by Gasteiger charge is 2.30. The molecule has 0 unspecified atom stereocenters. The van der Waals surface area contributed by atoms with Gasteiger partial charge in [0.25, 0.3) is 0 Å². The van der Waals surface area contributed by atoms with Gasteiger partial charge in [-0.25, -0.2) is 0 Å². The lowest BCUT2D eigenvalue weighted by Crippen LogP contribution is -3.00. The number of halogens is 1. The third-order valence-corrected chi connectivity index (χ3v) is 3.61. The van der Waals surface area contributed by atoms with E-state index in [1.165, 1.54) is 5.70 Å². The van der Waals surface area contributed by atoms with Crippen LogP contribution in [0.4, 0.5) is 0 Å². The molecule has 3 nitrogen and oxygen atoms in total. The maximum Gasteiger partial charge on any atom is 0.221 e. The Morgan fingerprint density at radius 2 is 1.81 bits per heavy atom. The summed E-state index contributed by atoms with van der Waals surface area (Å²) in [6, 6.07) is 0. The quantitative estimate of drug-likeness (QED) is 0.286. The minimum Gasteiger partial charge on any atom is -1.00 e. The molecule has 0 spiro atoms. The fourth-order valence-corrected chi connectivity index (χ4v) is 2.23. The number of hydrogen-bond donors (Lipinski definition) is 0. The van der Waals surface area contributed by atoms with E-state index >= 15 is 0 Å². The summed E-state index contributed by atoms with van der Waals surface area (Å²) in [5.41, 5.74) is 4.38. The second-order valence-electron chi connectivity index (χ2n) is 3.68. The molecule has 5 heteroatoms. The Bertz CT molecular complexity index is 596. The molecule has 2 rings (SSSR count). The first kappa shape index (κ1) is 13.4. The monoisotopic (exact) mass is 349 g/mol. The summed E-state index contributed by atoms with van der Waals surface area (Å²) < 4.78 is 23.8. The fraction of sp³-hybridized carbons (Fsp3) is 0.273. The van der Waals surface area contributed by atoms with Crippen LogP contribution in [0.15, 0.2) is 35.1 Å². The average Bonchev–Trinajstić information content (AvgIpc) is 2.44. The molecule has 0 N–H and O–H groups in total. The lowest BCUT2D eigenvalue weighted by Gasteiger charge is -2.01. The Morgan fingerprint density at radius 3 is 2.38 bits per heavy atom. The van der Waals surface area contributed by atoms with Crippen LogP contribution in [0.25, 0.3) is 0 Å². The minimum absolute atomic E-state index is 0. The topological polar surface area (TPSA) is 37.1 Å². The molecule has 2 aliphatic rings. The van der Waals surface area contributed by atoms with Gasteiger partial charge in [0.15, 0.2) is 5.70 Å². The molecule has 0 fully saturated rings. The van der Waals surface area contributed by atoms with Crippen LogP contribution in [0.3, 0.4) is 0 Å². The second-order valence-corrected chi connectivity index (χ2v) is 4.62. The first-order valence-electron chi connectivity index (χ1n) is 4.67. The van der Waals surface area contributed by atoms with Crippen LogP contribution in [0.5, 0.6) is 0 Å². The molecule has 0 aromatic rings. The van der Waals surface area contributed by atoms with Gasteiger partial charge in [0.2, 0.25) is 16.0 Å². The molecule has 0 saturated carbocycles. The molecule has 1 aliphatic carbocycles. The molecule has 0 amide bonds. The highest BCUT2D eigenvalue weighted by atomic mass is 127. The maximum absolute atomic E-state index is 10.8. The van der Waals surface area contributed by atoms with Gasteiger partial charge in [0, 0.05) is 18.6 Å². The Hall–Kier alpha value is -0.690. The van der Waals surface area contributed by atoms with E-state index in [1.54, 1.807) is 12.2 Å². The Morgan fingerprint density at radius 1 is 1.19 bits per heavy atom. The van der Waals surface area contributed by atoms with Crippen molar-refractivity contribution in [2.24, 2.45) is 0 Å². The van der Waals surface area contributed by atoms with Gasteiger partial charge in [-0.05, 0) is 19.1 Å². The summed E-state index contributed by atoms with van der Waals surface area (Å²) in [5, 5.41) is 0. The van der Waals surface area contributed by atoms with Crippen LogP contribution in [0, 0.1) is 0 Å². The van der Waals surface area contributed by atoms with Crippen molar-refractivity contribution in [2.45, 2.75) is 13.8 Å². The van der Waals surface area contributed by atoms with E-state index in [9.17, 15) is 8.42 Å². The Kier molecular flexibility index (Phi) is 3.90. The summed E-state index contributed by atoms with van der Waals surface area (Å²) in [7, 11) is -0.165. The molecule has 86 valence electrons. The first-order chi connectivity index (χ1) is 7.02. The zero-order chi connectivity index (χ0) is 11.2.